The molecule has 102 valence electrons. The van der Waals surface area contributed by atoms with E-state index in [0.29, 0.717) is 35.1 Å². The highest BCUT2D eigenvalue weighted by atomic mass is 35.5. The lowest BCUT2D eigenvalue weighted by atomic mass is 10.1. The van der Waals surface area contributed by atoms with Gasteiger partial charge in [0.05, 0.1) is 16.4 Å². The minimum atomic E-state index is 0.00829. The molecule has 0 saturated carbocycles. The molecule has 4 nitrogen and oxygen atoms in total. The molecule has 1 heterocycles. The van der Waals surface area contributed by atoms with Gasteiger partial charge in [0.2, 0.25) is 5.91 Å². The number of benzene rings is 1. The average molecular weight is 299 g/mol. The van der Waals surface area contributed by atoms with E-state index in [1.54, 1.807) is 23.1 Å². The number of carbonyl (C=O) groups is 2. The normalized spacial score (nSPS) is 18.9. The molecule has 0 aromatic heterocycles. The zero-order valence-electron chi connectivity index (χ0n) is 10.6. The molecule has 0 bridgehead atoms. The summed E-state index contributed by atoms with van der Waals surface area (Å²) < 4.78 is 0. The van der Waals surface area contributed by atoms with E-state index in [1.807, 2.05) is 0 Å². The van der Waals surface area contributed by atoms with Crippen molar-refractivity contribution in [1.29, 1.82) is 0 Å². The number of halogens is 1. The van der Waals surface area contributed by atoms with Crippen LogP contribution in [0, 0.1) is 5.92 Å². The third-order valence-electron chi connectivity index (χ3n) is 3.02. The Hall–Kier alpha value is -1.20. The minimum absolute atomic E-state index is 0.00829. The fourth-order valence-electron chi connectivity index (χ4n) is 2.16. The van der Waals surface area contributed by atoms with Crippen molar-refractivity contribution in [2.24, 2.45) is 5.92 Å². The lowest BCUT2D eigenvalue weighted by Gasteiger charge is -2.20. The summed E-state index contributed by atoms with van der Waals surface area (Å²) in [6.45, 7) is 2.10. The summed E-state index contributed by atoms with van der Waals surface area (Å²) in [6, 6.07) is 5.20. The fraction of sp³-hybridized carbons (Fsp3) is 0.385. The summed E-state index contributed by atoms with van der Waals surface area (Å²) in [7, 11) is 0. The Morgan fingerprint density at radius 3 is 2.95 bits per heavy atom. The molecule has 2 rings (SSSR count). The number of hydrogen-bond acceptors (Lipinski definition) is 4. The van der Waals surface area contributed by atoms with Gasteiger partial charge in [-0.05, 0) is 18.1 Å². The molecular formula is C13H15ClN2O2S. The smallest absolute Gasteiger partial charge is 0.227 e. The van der Waals surface area contributed by atoms with Crippen LogP contribution in [0.1, 0.15) is 13.3 Å². The molecule has 1 aliphatic rings. The second-order valence-electron chi connectivity index (χ2n) is 4.55. The molecule has 1 aromatic rings. The first-order chi connectivity index (χ1) is 8.99. The topological polar surface area (TPSA) is 63.4 Å². The summed E-state index contributed by atoms with van der Waals surface area (Å²) in [6.07, 6.45) is 0.435. The summed E-state index contributed by atoms with van der Waals surface area (Å²) in [5.41, 5.74) is 6.98. The van der Waals surface area contributed by atoms with E-state index in [1.165, 1.54) is 18.7 Å². The van der Waals surface area contributed by atoms with Crippen LogP contribution in [-0.4, -0.2) is 23.3 Å². The van der Waals surface area contributed by atoms with Crippen molar-refractivity contribution in [3.8, 4) is 0 Å². The molecular weight excluding hydrogens is 284 g/mol. The van der Waals surface area contributed by atoms with Crippen LogP contribution >= 0.6 is 23.4 Å². The van der Waals surface area contributed by atoms with Gasteiger partial charge >= 0.3 is 0 Å². The van der Waals surface area contributed by atoms with Gasteiger partial charge in [0.15, 0.2) is 5.12 Å². The summed E-state index contributed by atoms with van der Waals surface area (Å²) in [5, 5.41) is 0.552. The van der Waals surface area contributed by atoms with E-state index >= 15 is 0 Å². The number of para-hydroxylation sites is 1. The first kappa shape index (κ1) is 14.2. The number of anilines is 2. The van der Waals surface area contributed by atoms with Crippen LogP contribution in [-0.2, 0) is 9.59 Å². The van der Waals surface area contributed by atoms with Gasteiger partial charge in [0.1, 0.15) is 0 Å². The highest BCUT2D eigenvalue weighted by Crippen LogP contribution is 2.36. The van der Waals surface area contributed by atoms with Crippen molar-refractivity contribution in [2.75, 3.05) is 22.9 Å². The summed E-state index contributed by atoms with van der Waals surface area (Å²) in [4.78, 5) is 24.6. The molecule has 1 aromatic carbocycles. The van der Waals surface area contributed by atoms with Crippen LogP contribution in [0.25, 0.3) is 0 Å². The fourth-order valence-corrected chi connectivity index (χ4v) is 3.14. The number of carbonyl (C=O) groups excluding carboxylic acids is 2. The lowest BCUT2D eigenvalue weighted by Crippen LogP contribution is -2.26. The van der Waals surface area contributed by atoms with E-state index in [9.17, 15) is 9.59 Å². The van der Waals surface area contributed by atoms with Crippen molar-refractivity contribution in [3.63, 3.8) is 0 Å². The van der Waals surface area contributed by atoms with E-state index in [4.69, 9.17) is 17.3 Å². The van der Waals surface area contributed by atoms with Gasteiger partial charge in [0, 0.05) is 25.6 Å². The van der Waals surface area contributed by atoms with E-state index in [0.717, 1.165) is 0 Å². The molecule has 1 amide bonds. The Balaban J connectivity index is 2.14. The maximum absolute atomic E-state index is 12.1. The summed E-state index contributed by atoms with van der Waals surface area (Å²) in [5.74, 6) is 0.827. The molecule has 6 heteroatoms. The first-order valence-corrected chi connectivity index (χ1v) is 7.33. The number of nitrogens with two attached hydrogens (primary N) is 1. The van der Waals surface area contributed by atoms with E-state index in [2.05, 4.69) is 0 Å². The molecule has 1 saturated heterocycles. The Bertz CT molecular complexity index is 501. The van der Waals surface area contributed by atoms with Crippen LogP contribution in [0.4, 0.5) is 11.4 Å². The first-order valence-electron chi connectivity index (χ1n) is 5.96. The quantitative estimate of drug-likeness (QED) is 0.871. The molecule has 1 atom stereocenters. The highest BCUT2D eigenvalue weighted by Gasteiger charge is 2.32. The molecule has 1 aliphatic heterocycles. The Kier molecular flexibility index (Phi) is 4.37. The zero-order valence-corrected chi connectivity index (χ0v) is 12.1. The standard InChI is InChI=1S/C13H15ClN2O2S/c1-8(17)19-7-9-5-12(18)16(6-9)13-10(14)3-2-4-11(13)15/h2-4,9H,5-7,15H2,1H3. The Morgan fingerprint density at radius 2 is 2.32 bits per heavy atom. The van der Waals surface area contributed by atoms with Gasteiger partial charge in [-0.2, -0.15) is 0 Å². The van der Waals surface area contributed by atoms with E-state index < -0.39 is 0 Å². The van der Waals surface area contributed by atoms with Gasteiger partial charge in [-0.1, -0.05) is 29.4 Å². The second-order valence-corrected chi connectivity index (χ2v) is 6.16. The number of nitrogens with zero attached hydrogens (tertiary/aromatic N) is 1. The van der Waals surface area contributed by atoms with Crippen molar-refractivity contribution in [1.82, 2.24) is 0 Å². The molecule has 0 aliphatic carbocycles. The van der Waals surface area contributed by atoms with Gasteiger partial charge in [-0.3, -0.25) is 9.59 Å². The van der Waals surface area contributed by atoms with Crippen LogP contribution in [0.2, 0.25) is 5.02 Å². The molecule has 19 heavy (non-hydrogen) atoms. The van der Waals surface area contributed by atoms with Gasteiger partial charge in [-0.25, -0.2) is 0 Å². The monoisotopic (exact) mass is 298 g/mol. The number of hydrogen-bond donors (Lipinski definition) is 1. The predicted octanol–water partition coefficient (Wildman–Crippen LogP) is 2.55. The maximum atomic E-state index is 12.1. The van der Waals surface area contributed by atoms with Crippen molar-refractivity contribution >= 4 is 45.8 Å². The van der Waals surface area contributed by atoms with Crippen molar-refractivity contribution < 1.29 is 9.59 Å². The van der Waals surface area contributed by atoms with Gasteiger partial charge in [0.25, 0.3) is 0 Å². The van der Waals surface area contributed by atoms with Crippen molar-refractivity contribution in [3.05, 3.63) is 23.2 Å². The lowest BCUT2D eigenvalue weighted by molar-refractivity contribution is -0.117. The number of nitrogen functional groups attached to an aromatic ring is 1. The van der Waals surface area contributed by atoms with Gasteiger partial charge in [-0.15, -0.1) is 0 Å². The highest BCUT2D eigenvalue weighted by molar-refractivity contribution is 8.13. The SMILES string of the molecule is CC(=O)SCC1CC(=O)N(c2c(N)cccc2Cl)C1. The number of thioether (sulfide) groups is 1. The zero-order chi connectivity index (χ0) is 14.0. The predicted molar refractivity (Wildman–Crippen MR) is 79.5 cm³/mol. The molecule has 1 unspecified atom stereocenters. The van der Waals surface area contributed by atoms with Gasteiger partial charge < -0.3 is 10.6 Å². The largest absolute Gasteiger partial charge is 0.397 e. The Morgan fingerprint density at radius 1 is 1.58 bits per heavy atom. The molecule has 2 N–H and O–H groups in total. The number of amides is 1. The molecule has 0 spiro atoms. The van der Waals surface area contributed by atoms with E-state index in [-0.39, 0.29) is 16.9 Å². The maximum Gasteiger partial charge on any atom is 0.227 e. The van der Waals surface area contributed by atoms with Crippen LogP contribution in [0.3, 0.4) is 0 Å². The number of rotatable bonds is 3. The third kappa shape index (κ3) is 3.22. The van der Waals surface area contributed by atoms with Crippen molar-refractivity contribution in [2.45, 2.75) is 13.3 Å². The second kappa shape index (κ2) is 5.84. The molecule has 1 fully saturated rings. The molecule has 0 radical (unpaired) electrons. The third-order valence-corrected chi connectivity index (χ3v) is 4.36. The minimum Gasteiger partial charge on any atom is -0.397 e. The van der Waals surface area contributed by atoms with Crippen LogP contribution in [0.15, 0.2) is 18.2 Å². The van der Waals surface area contributed by atoms with Crippen LogP contribution in [0.5, 0.6) is 0 Å². The summed E-state index contributed by atoms with van der Waals surface area (Å²) >= 11 is 7.37. The Labute approximate surface area is 121 Å². The van der Waals surface area contributed by atoms with Crippen LogP contribution < -0.4 is 10.6 Å². The average Bonchev–Trinajstić information content (AvgIpc) is 2.68.